The van der Waals surface area contributed by atoms with Crippen molar-refractivity contribution in [1.29, 1.82) is 0 Å². The number of methoxy groups -OCH3 is 1. The fourth-order valence-corrected chi connectivity index (χ4v) is 4.01. The molecule has 158 valence electrons. The zero-order valence-electron chi connectivity index (χ0n) is 17.0. The lowest BCUT2D eigenvalue weighted by Crippen LogP contribution is -2.29. The van der Waals surface area contributed by atoms with Gasteiger partial charge in [0.1, 0.15) is 17.3 Å². The Hall–Kier alpha value is -3.51. The van der Waals surface area contributed by atoms with Crippen LogP contribution in [0.3, 0.4) is 0 Å². The van der Waals surface area contributed by atoms with Gasteiger partial charge in [-0.2, -0.15) is 0 Å². The molecule has 1 aliphatic heterocycles. The van der Waals surface area contributed by atoms with Gasteiger partial charge < -0.3 is 19.2 Å². The average molecular weight is 438 g/mol. The minimum atomic E-state index is -0.796. The third-order valence-corrected chi connectivity index (χ3v) is 5.58. The number of Topliss-reactive ketones (excluding diaryl/α,β-unsaturated/α-hetero) is 1. The Morgan fingerprint density at radius 1 is 1.16 bits per heavy atom. The largest absolute Gasteiger partial charge is 0.507 e. The Labute approximate surface area is 184 Å². The van der Waals surface area contributed by atoms with Crippen LogP contribution in [0.4, 0.5) is 0 Å². The summed E-state index contributed by atoms with van der Waals surface area (Å²) in [5.74, 6) is -0.970. The fourth-order valence-electron chi connectivity index (χ4n) is 3.84. The number of rotatable bonds is 5. The molecule has 1 N–H and O–H groups in total. The summed E-state index contributed by atoms with van der Waals surface area (Å²) in [6, 6.07) is 14.8. The molecule has 6 nitrogen and oxygen atoms in total. The number of furan rings is 1. The number of aliphatic hydroxyl groups is 1. The van der Waals surface area contributed by atoms with Crippen molar-refractivity contribution < 1.29 is 23.8 Å². The zero-order valence-corrected chi connectivity index (χ0v) is 17.7. The van der Waals surface area contributed by atoms with Crippen molar-refractivity contribution in [1.82, 2.24) is 4.90 Å². The van der Waals surface area contributed by atoms with E-state index >= 15 is 0 Å². The number of aliphatic hydroxyl groups excluding tert-OH is 1. The molecule has 1 amide bonds. The molecule has 0 bridgehead atoms. The Morgan fingerprint density at radius 3 is 2.61 bits per heavy atom. The number of halogens is 1. The molecule has 3 aromatic rings. The van der Waals surface area contributed by atoms with Gasteiger partial charge in [0.05, 0.1) is 37.1 Å². The molecule has 2 heterocycles. The van der Waals surface area contributed by atoms with Crippen LogP contribution >= 0.6 is 11.6 Å². The van der Waals surface area contributed by atoms with Crippen LogP contribution in [0.1, 0.15) is 28.5 Å². The van der Waals surface area contributed by atoms with Crippen molar-refractivity contribution >= 4 is 29.1 Å². The highest BCUT2D eigenvalue weighted by Gasteiger charge is 2.47. The van der Waals surface area contributed by atoms with Crippen molar-refractivity contribution in [2.75, 3.05) is 7.11 Å². The summed E-state index contributed by atoms with van der Waals surface area (Å²) < 4.78 is 10.7. The second kappa shape index (κ2) is 8.32. The molecular weight excluding hydrogens is 418 g/mol. The summed E-state index contributed by atoms with van der Waals surface area (Å²) in [6.45, 7) is 1.97. The van der Waals surface area contributed by atoms with E-state index in [2.05, 4.69) is 0 Å². The highest BCUT2D eigenvalue weighted by Crippen LogP contribution is 2.42. The predicted octanol–water partition coefficient (Wildman–Crippen LogP) is 4.87. The maximum atomic E-state index is 13.1. The normalized spacial score (nSPS) is 17.9. The van der Waals surface area contributed by atoms with Gasteiger partial charge in [-0.05, 0) is 48.4 Å². The zero-order chi connectivity index (χ0) is 22.1. The number of nitrogens with zero attached hydrogens (tertiary/aromatic N) is 1. The molecule has 0 radical (unpaired) electrons. The second-order valence-corrected chi connectivity index (χ2v) is 7.64. The number of carbonyl (C=O) groups excluding carboxylic acids is 2. The maximum absolute atomic E-state index is 13.1. The smallest absolute Gasteiger partial charge is 0.296 e. The van der Waals surface area contributed by atoms with E-state index in [1.54, 1.807) is 24.3 Å². The van der Waals surface area contributed by atoms with Gasteiger partial charge in [-0.1, -0.05) is 35.9 Å². The molecule has 1 aliphatic rings. The molecule has 4 rings (SSSR count). The Balaban J connectivity index is 1.94. The van der Waals surface area contributed by atoms with Crippen LogP contribution in [-0.2, 0) is 16.1 Å². The fraction of sp³-hybridized carbons (Fsp3) is 0.167. The summed E-state index contributed by atoms with van der Waals surface area (Å²) in [6.07, 6.45) is 1.51. The summed E-state index contributed by atoms with van der Waals surface area (Å²) in [5, 5.41) is 11.6. The first-order chi connectivity index (χ1) is 14.9. The molecule has 0 aliphatic carbocycles. The monoisotopic (exact) mass is 437 g/mol. The van der Waals surface area contributed by atoms with Crippen molar-refractivity contribution in [2.24, 2.45) is 0 Å². The first kappa shape index (κ1) is 20.8. The molecule has 1 aromatic heterocycles. The van der Waals surface area contributed by atoms with Gasteiger partial charge in [-0.25, -0.2) is 0 Å². The molecule has 1 fully saturated rings. The minimum absolute atomic E-state index is 0.0218. The van der Waals surface area contributed by atoms with Crippen LogP contribution in [0.25, 0.3) is 5.76 Å². The van der Waals surface area contributed by atoms with Gasteiger partial charge in [0.15, 0.2) is 0 Å². The topological polar surface area (TPSA) is 80.0 Å². The highest BCUT2D eigenvalue weighted by molar-refractivity contribution is 6.46. The van der Waals surface area contributed by atoms with Crippen LogP contribution in [0.15, 0.2) is 70.9 Å². The molecule has 2 aromatic carbocycles. The van der Waals surface area contributed by atoms with Crippen molar-refractivity contribution in [3.8, 4) is 5.75 Å². The lowest BCUT2D eigenvalue weighted by Gasteiger charge is -2.26. The molecule has 1 atom stereocenters. The van der Waals surface area contributed by atoms with Gasteiger partial charge in [-0.15, -0.1) is 0 Å². The summed E-state index contributed by atoms with van der Waals surface area (Å²) in [7, 11) is 1.45. The number of carbonyl (C=O) groups is 2. The van der Waals surface area contributed by atoms with Gasteiger partial charge >= 0.3 is 0 Å². The van der Waals surface area contributed by atoms with Crippen molar-refractivity contribution in [2.45, 2.75) is 19.5 Å². The Morgan fingerprint density at radius 2 is 1.94 bits per heavy atom. The standard InChI is InChI=1S/C24H20ClNO5/c1-14-6-3-4-8-17(14)21-20(22(27)18-12-15(25)9-10-19(18)30-2)23(28)24(29)26(21)13-16-7-5-11-31-16/h3-12,21,27H,13H2,1-2H3/b22-20+. The number of amides is 1. The number of ether oxygens (including phenoxy) is 1. The summed E-state index contributed by atoms with van der Waals surface area (Å²) >= 11 is 6.13. The molecular formula is C24H20ClNO5. The Kier molecular flexibility index (Phi) is 5.57. The summed E-state index contributed by atoms with van der Waals surface area (Å²) in [4.78, 5) is 27.6. The van der Waals surface area contributed by atoms with Gasteiger partial charge in [0.2, 0.25) is 0 Å². The van der Waals surface area contributed by atoms with E-state index in [9.17, 15) is 14.7 Å². The van der Waals surface area contributed by atoms with Crippen LogP contribution in [0.2, 0.25) is 5.02 Å². The molecule has 1 unspecified atom stereocenters. The average Bonchev–Trinajstić information content (AvgIpc) is 3.36. The van der Waals surface area contributed by atoms with E-state index in [-0.39, 0.29) is 23.4 Å². The van der Waals surface area contributed by atoms with Crippen LogP contribution in [0, 0.1) is 6.92 Å². The van der Waals surface area contributed by atoms with Gasteiger partial charge in [-0.3, -0.25) is 9.59 Å². The van der Waals surface area contributed by atoms with Gasteiger partial charge in [0.25, 0.3) is 11.7 Å². The van der Waals surface area contributed by atoms with E-state index < -0.39 is 17.7 Å². The number of aryl methyl sites for hydroxylation is 1. The SMILES string of the molecule is COc1ccc(Cl)cc1/C(O)=C1\C(=O)C(=O)N(Cc2ccco2)C1c1ccccc1C. The molecule has 0 spiro atoms. The quantitative estimate of drug-likeness (QED) is 0.350. The third kappa shape index (κ3) is 3.70. The number of hydrogen-bond donors (Lipinski definition) is 1. The number of likely N-dealkylation sites (tertiary alicyclic amines) is 1. The van der Waals surface area contributed by atoms with E-state index in [0.717, 1.165) is 11.1 Å². The van der Waals surface area contributed by atoms with E-state index in [1.165, 1.54) is 24.3 Å². The minimum Gasteiger partial charge on any atom is -0.507 e. The lowest BCUT2D eigenvalue weighted by molar-refractivity contribution is -0.140. The van der Waals surface area contributed by atoms with Gasteiger partial charge in [0, 0.05) is 5.02 Å². The third-order valence-electron chi connectivity index (χ3n) is 5.35. The van der Waals surface area contributed by atoms with E-state index in [0.29, 0.717) is 16.5 Å². The maximum Gasteiger partial charge on any atom is 0.296 e. The highest BCUT2D eigenvalue weighted by atomic mass is 35.5. The number of benzene rings is 2. The molecule has 1 saturated heterocycles. The van der Waals surface area contributed by atoms with E-state index in [1.807, 2.05) is 31.2 Å². The predicted molar refractivity (Wildman–Crippen MR) is 116 cm³/mol. The Bertz CT molecular complexity index is 1180. The second-order valence-electron chi connectivity index (χ2n) is 7.21. The molecule has 0 saturated carbocycles. The number of ketones is 1. The first-order valence-corrected chi connectivity index (χ1v) is 10.0. The molecule has 7 heteroatoms. The van der Waals surface area contributed by atoms with Crippen LogP contribution < -0.4 is 4.74 Å². The van der Waals surface area contributed by atoms with E-state index in [4.69, 9.17) is 20.8 Å². The lowest BCUT2D eigenvalue weighted by atomic mass is 9.92. The first-order valence-electron chi connectivity index (χ1n) is 9.62. The van der Waals surface area contributed by atoms with Crippen molar-refractivity contribution in [3.63, 3.8) is 0 Å². The number of hydrogen-bond acceptors (Lipinski definition) is 5. The van der Waals surface area contributed by atoms with Crippen LogP contribution in [-0.4, -0.2) is 28.8 Å². The van der Waals surface area contributed by atoms with Crippen molar-refractivity contribution in [3.05, 3.63) is 93.9 Å². The summed E-state index contributed by atoms with van der Waals surface area (Å²) in [5.41, 5.74) is 1.83. The molecule has 31 heavy (non-hydrogen) atoms. The van der Waals surface area contributed by atoms with Crippen LogP contribution in [0.5, 0.6) is 5.75 Å².